The van der Waals surface area contributed by atoms with Gasteiger partial charge < -0.3 is 4.90 Å². The van der Waals surface area contributed by atoms with Gasteiger partial charge in [0.15, 0.2) is 0 Å². The van der Waals surface area contributed by atoms with Crippen molar-refractivity contribution in [2.24, 2.45) is 0 Å². The lowest BCUT2D eigenvalue weighted by Gasteiger charge is -2.17. The number of alkyl halides is 1. The molecule has 1 aromatic rings. The number of carbonyl (C=O) groups excluding carboxylic acids is 1. The lowest BCUT2D eigenvalue weighted by molar-refractivity contribution is 0.0792. The van der Waals surface area contributed by atoms with Crippen LogP contribution in [-0.4, -0.2) is 29.7 Å². The molecule has 0 heterocycles. The van der Waals surface area contributed by atoms with Gasteiger partial charge in [0, 0.05) is 28.1 Å². The summed E-state index contributed by atoms with van der Waals surface area (Å²) in [5, 5.41) is 1.04. The van der Waals surface area contributed by atoms with Gasteiger partial charge in [0.25, 0.3) is 5.91 Å². The first-order valence-corrected chi connectivity index (χ1v) is 7.92. The normalized spacial score (nSPS) is 10.3. The lowest BCUT2D eigenvalue weighted by Crippen LogP contribution is -2.27. The number of carbonyl (C=O) groups is 1. The molecule has 0 aliphatic carbocycles. The van der Waals surface area contributed by atoms with E-state index in [1.165, 1.54) is 6.42 Å². The summed E-state index contributed by atoms with van der Waals surface area (Å²) >= 11 is 5.63. The van der Waals surface area contributed by atoms with Gasteiger partial charge in [-0.05, 0) is 53.6 Å². The molecule has 94 valence electrons. The van der Waals surface area contributed by atoms with Crippen molar-refractivity contribution in [2.75, 3.05) is 18.9 Å². The van der Waals surface area contributed by atoms with Gasteiger partial charge in [-0.2, -0.15) is 0 Å². The van der Waals surface area contributed by atoms with Crippen LogP contribution >= 0.6 is 38.5 Å². The molecular formula is C13H17BrINO. The van der Waals surface area contributed by atoms with Crippen LogP contribution in [0.4, 0.5) is 0 Å². The fourth-order valence-corrected chi connectivity index (χ4v) is 2.50. The van der Waals surface area contributed by atoms with E-state index in [-0.39, 0.29) is 5.91 Å². The molecule has 0 radical (unpaired) electrons. The zero-order valence-corrected chi connectivity index (χ0v) is 13.7. The molecule has 17 heavy (non-hydrogen) atoms. The van der Waals surface area contributed by atoms with Crippen LogP contribution in [0.15, 0.2) is 24.3 Å². The molecule has 0 unspecified atom stereocenters. The lowest BCUT2D eigenvalue weighted by atomic mass is 10.2. The van der Waals surface area contributed by atoms with Crippen LogP contribution in [0.3, 0.4) is 0 Å². The van der Waals surface area contributed by atoms with Crippen molar-refractivity contribution in [3.05, 3.63) is 33.4 Å². The average molecular weight is 410 g/mol. The van der Waals surface area contributed by atoms with E-state index in [1.807, 2.05) is 31.3 Å². The van der Waals surface area contributed by atoms with Crippen LogP contribution in [0.25, 0.3) is 0 Å². The van der Waals surface area contributed by atoms with Crippen LogP contribution in [0.5, 0.6) is 0 Å². The highest BCUT2D eigenvalue weighted by atomic mass is 127. The molecule has 0 fully saturated rings. The van der Waals surface area contributed by atoms with E-state index in [1.54, 1.807) is 4.90 Å². The monoisotopic (exact) mass is 409 g/mol. The minimum absolute atomic E-state index is 0.113. The van der Waals surface area contributed by atoms with E-state index in [0.717, 1.165) is 33.9 Å². The Hall–Kier alpha value is -0.100. The van der Waals surface area contributed by atoms with Crippen LogP contribution in [0.2, 0.25) is 0 Å². The Morgan fingerprint density at radius 1 is 1.35 bits per heavy atom. The standard InChI is InChI=1S/C13H17BrINO/c1-16(9-4-2-3-8-14)13(17)11-6-5-7-12(15)10-11/h5-7,10H,2-4,8-9H2,1H3. The predicted molar refractivity (Wildman–Crippen MR) is 83.8 cm³/mol. The third kappa shape index (κ3) is 5.38. The highest BCUT2D eigenvalue weighted by Gasteiger charge is 2.10. The number of rotatable bonds is 6. The third-order valence-corrected chi connectivity index (χ3v) is 3.78. The fourth-order valence-electron chi connectivity index (χ4n) is 1.56. The van der Waals surface area contributed by atoms with Gasteiger partial charge in [-0.25, -0.2) is 0 Å². The Morgan fingerprint density at radius 2 is 2.12 bits per heavy atom. The highest BCUT2D eigenvalue weighted by Crippen LogP contribution is 2.10. The Bertz CT molecular complexity index is 370. The number of hydrogen-bond acceptors (Lipinski definition) is 1. The largest absolute Gasteiger partial charge is 0.342 e. The minimum Gasteiger partial charge on any atom is -0.342 e. The number of benzene rings is 1. The van der Waals surface area contributed by atoms with E-state index in [9.17, 15) is 4.79 Å². The summed E-state index contributed by atoms with van der Waals surface area (Å²) in [6.45, 7) is 0.831. The first-order chi connectivity index (χ1) is 8.15. The molecule has 0 spiro atoms. The molecule has 0 atom stereocenters. The molecule has 0 aliphatic heterocycles. The maximum atomic E-state index is 12.1. The number of unbranched alkanes of at least 4 members (excludes halogenated alkanes) is 2. The van der Waals surface area contributed by atoms with Crippen molar-refractivity contribution >= 4 is 44.4 Å². The second kappa shape index (κ2) is 8.08. The summed E-state index contributed by atoms with van der Waals surface area (Å²) in [5.74, 6) is 0.113. The molecule has 0 saturated heterocycles. The summed E-state index contributed by atoms with van der Waals surface area (Å²) in [5.41, 5.74) is 0.778. The van der Waals surface area contributed by atoms with Crippen LogP contribution in [-0.2, 0) is 0 Å². The number of amides is 1. The Balaban J connectivity index is 2.46. The van der Waals surface area contributed by atoms with Gasteiger partial charge in [-0.1, -0.05) is 28.4 Å². The topological polar surface area (TPSA) is 20.3 Å². The zero-order valence-electron chi connectivity index (χ0n) is 9.96. The summed E-state index contributed by atoms with van der Waals surface area (Å²) in [6.07, 6.45) is 3.40. The fraction of sp³-hybridized carbons (Fsp3) is 0.462. The first kappa shape index (κ1) is 15.0. The number of halogens is 2. The van der Waals surface area contributed by atoms with Crippen molar-refractivity contribution in [3.63, 3.8) is 0 Å². The van der Waals surface area contributed by atoms with Crippen molar-refractivity contribution < 1.29 is 4.79 Å². The molecule has 1 amide bonds. The molecule has 0 bridgehead atoms. The van der Waals surface area contributed by atoms with Gasteiger partial charge >= 0.3 is 0 Å². The molecule has 0 aliphatic rings. The van der Waals surface area contributed by atoms with Crippen LogP contribution in [0.1, 0.15) is 29.6 Å². The molecular weight excluding hydrogens is 393 g/mol. The molecule has 0 saturated carbocycles. The van der Waals surface area contributed by atoms with Crippen LogP contribution < -0.4 is 0 Å². The summed E-state index contributed by atoms with van der Waals surface area (Å²) in [7, 11) is 1.87. The van der Waals surface area contributed by atoms with Crippen molar-refractivity contribution in [1.82, 2.24) is 4.90 Å². The summed E-state index contributed by atoms with van der Waals surface area (Å²) in [6, 6.07) is 7.72. The smallest absolute Gasteiger partial charge is 0.253 e. The maximum absolute atomic E-state index is 12.1. The molecule has 0 aromatic heterocycles. The Labute approximate surface area is 125 Å². The van der Waals surface area contributed by atoms with Gasteiger partial charge in [-0.15, -0.1) is 0 Å². The second-order valence-corrected chi connectivity index (χ2v) is 6.03. The Kier molecular flexibility index (Phi) is 7.11. The minimum atomic E-state index is 0.113. The molecule has 4 heteroatoms. The average Bonchev–Trinajstić information content (AvgIpc) is 2.33. The van der Waals surface area contributed by atoms with Crippen molar-refractivity contribution in [2.45, 2.75) is 19.3 Å². The van der Waals surface area contributed by atoms with Crippen LogP contribution in [0, 0.1) is 3.57 Å². The summed E-state index contributed by atoms with van der Waals surface area (Å²) < 4.78 is 1.10. The van der Waals surface area contributed by atoms with E-state index in [4.69, 9.17) is 0 Å². The maximum Gasteiger partial charge on any atom is 0.253 e. The molecule has 1 rings (SSSR count). The number of nitrogens with zero attached hydrogens (tertiary/aromatic N) is 1. The van der Waals surface area contributed by atoms with Gasteiger partial charge in [0.1, 0.15) is 0 Å². The van der Waals surface area contributed by atoms with E-state index in [0.29, 0.717) is 0 Å². The quantitative estimate of drug-likeness (QED) is 0.396. The summed E-state index contributed by atoms with van der Waals surface area (Å²) in [4.78, 5) is 13.9. The molecule has 2 nitrogen and oxygen atoms in total. The zero-order chi connectivity index (χ0) is 12.7. The predicted octanol–water partition coefficient (Wildman–Crippen LogP) is 3.93. The highest BCUT2D eigenvalue weighted by molar-refractivity contribution is 14.1. The number of hydrogen-bond donors (Lipinski definition) is 0. The first-order valence-electron chi connectivity index (χ1n) is 5.72. The second-order valence-electron chi connectivity index (χ2n) is 3.99. The van der Waals surface area contributed by atoms with Crippen molar-refractivity contribution in [3.8, 4) is 0 Å². The third-order valence-electron chi connectivity index (χ3n) is 2.55. The van der Waals surface area contributed by atoms with E-state index >= 15 is 0 Å². The molecule has 1 aromatic carbocycles. The van der Waals surface area contributed by atoms with Gasteiger partial charge in [0.05, 0.1) is 0 Å². The Morgan fingerprint density at radius 3 is 2.76 bits per heavy atom. The van der Waals surface area contributed by atoms with Gasteiger partial charge in [-0.3, -0.25) is 4.79 Å². The SMILES string of the molecule is CN(CCCCCBr)C(=O)c1cccc(I)c1. The van der Waals surface area contributed by atoms with Gasteiger partial charge in [0.2, 0.25) is 0 Å². The van der Waals surface area contributed by atoms with Crippen molar-refractivity contribution in [1.29, 1.82) is 0 Å². The van der Waals surface area contributed by atoms with E-state index in [2.05, 4.69) is 38.5 Å². The van der Waals surface area contributed by atoms with E-state index < -0.39 is 0 Å². The molecule has 0 N–H and O–H groups in total.